The first-order chi connectivity index (χ1) is 68.5. The van der Waals surface area contributed by atoms with Gasteiger partial charge in [0.25, 0.3) is 0 Å². The summed E-state index contributed by atoms with van der Waals surface area (Å²) in [6.07, 6.45) is 0. The van der Waals surface area contributed by atoms with Crippen LogP contribution in [0.4, 0.5) is 65.6 Å². The number of benzene rings is 12. The highest BCUT2D eigenvalue weighted by atomic mass is 19.2. The average Bonchev–Trinajstić information content (AvgIpc) is 1.51. The number of hydrogen-bond donors (Lipinski definition) is 7. The van der Waals surface area contributed by atoms with E-state index in [9.17, 15) is 54.7 Å². The van der Waals surface area contributed by atoms with Gasteiger partial charge in [0.05, 0.1) is 105 Å². The van der Waals surface area contributed by atoms with Crippen molar-refractivity contribution in [1.82, 2.24) is 115 Å². The first-order valence-corrected chi connectivity index (χ1v) is 43.5. The fourth-order valence-corrected chi connectivity index (χ4v) is 16.5. The number of nitrogen functional groups attached to an aromatic ring is 6. The lowest BCUT2D eigenvalue weighted by Gasteiger charge is -2.04. The van der Waals surface area contributed by atoms with E-state index in [1.54, 1.807) is 94.1 Å². The van der Waals surface area contributed by atoms with E-state index in [1.807, 2.05) is 140 Å². The molecule has 12 aromatic heterocycles. The Morgan fingerprint density at radius 2 is 0.585 bits per heavy atom. The second-order valence-electron chi connectivity index (χ2n) is 32.7. The van der Waals surface area contributed by atoms with Gasteiger partial charge in [-0.2, -0.15) is 0 Å². The molecule has 0 aliphatic heterocycles. The lowest BCUT2D eigenvalue weighted by molar-refractivity contribution is 0.528. The Labute approximate surface area is 792 Å². The Balaban J connectivity index is 0.000000108. The predicted molar refractivity (Wildman–Crippen MR) is 522 cm³/mol. The van der Waals surface area contributed by atoms with Crippen LogP contribution in [0.3, 0.4) is 0 Å². The molecule has 36 nitrogen and oxygen atoms in total. The second-order valence-corrected chi connectivity index (χ2v) is 32.7. The van der Waals surface area contributed by atoms with E-state index in [0.717, 1.165) is 82.9 Å². The van der Waals surface area contributed by atoms with Gasteiger partial charge in [-0.15, -0.1) is 30.6 Å². The number of rotatable bonds is 12. The van der Waals surface area contributed by atoms with Crippen molar-refractivity contribution >= 4 is 135 Å². The molecule has 0 bridgehead atoms. The summed E-state index contributed by atoms with van der Waals surface area (Å²) in [5, 5.41) is 33.9. The van der Waals surface area contributed by atoms with Crippen molar-refractivity contribution in [2.24, 2.45) is 0 Å². The third-order valence-electron chi connectivity index (χ3n) is 23.1. The lowest BCUT2D eigenvalue weighted by Crippen LogP contribution is -2.23. The fraction of sp³-hybridized carbons (Fsp3) is 0.0909. The van der Waals surface area contributed by atoms with E-state index in [4.69, 9.17) is 39.8 Å². The van der Waals surface area contributed by atoms with Gasteiger partial charge in [-0.3, -0.25) is 9.81 Å². The number of hydrogen-bond acceptors (Lipinski definition) is 24. The van der Waals surface area contributed by atoms with E-state index in [2.05, 4.69) is 60.5 Å². The van der Waals surface area contributed by atoms with E-state index < -0.39 is 47.0 Å². The summed E-state index contributed by atoms with van der Waals surface area (Å²) < 4.78 is 113. The smallest absolute Gasteiger partial charge is 0.351 e. The lowest BCUT2D eigenvalue weighted by atomic mass is 10.1. The van der Waals surface area contributed by atoms with Gasteiger partial charge < -0.3 is 34.4 Å². The number of fused-ring (bicyclic) bond motifs is 18. The van der Waals surface area contributed by atoms with Gasteiger partial charge in [0, 0.05) is 22.8 Å². The standard InChI is InChI=1S/2C17H14FN5O.C17H15N5O.C16H10F3N5O.C16H11F2N5O.C16H14N6/c1-10-5-4-6-11(14(10)18)9-22-17(24)23-13-8-3-2-7-12(13)20-15(19)16(23)21-22;1-10-6-11(8-12(18)7-10)9-22-17(24)23-14-5-3-2-4-13(14)20-15(19)16(23)21-22;1-11-6-5-9-13-14(11)22-16(15(18)19-13)20-21(17(22)23)10-12-7-3-2-4-8-12;17-8-4-5-12-13(6-8)24-15(14(20)21-12)22-23(16(24)25)7-9-10(18)2-1-3-11(9)19;17-10-4-3-5-11(18)9(10)8-22-16(24)23-13-7-2-1-6-12(13)20-14(19)15(23)21-22;17-14-15-20-21(10-11-6-2-1-3-7-11)16(18)22(15)13-9-5-4-8-12(13)19-14/h2*2-8H,9H2,1H3,(H2,19,20);2-9H,10H2,1H3,(H2,18,19);1-6H,7H2,(H2,20,21);1-7H,8H2,(H2,19,20);1-9,18H,10H2,(H2,17,19). The van der Waals surface area contributed by atoms with Crippen LogP contribution in [-0.4, -0.2) is 115 Å². The Bertz CT molecular complexity index is 9500. The molecular weight excluding hydrogens is 1840 g/mol. The molecule has 142 heavy (non-hydrogen) atoms. The summed E-state index contributed by atoms with van der Waals surface area (Å²) in [5.41, 5.74) is 47.1. The summed E-state index contributed by atoms with van der Waals surface area (Å²) in [5.74, 6) is -3.38. The van der Waals surface area contributed by atoms with E-state index in [1.165, 1.54) is 63.6 Å². The molecule has 0 fully saturated rings. The van der Waals surface area contributed by atoms with Gasteiger partial charge in [0.1, 0.15) is 40.7 Å². The highest BCUT2D eigenvalue weighted by Crippen LogP contribution is 2.27. The summed E-state index contributed by atoms with van der Waals surface area (Å²) in [6.45, 7) is 5.76. The van der Waals surface area contributed by atoms with Gasteiger partial charge in [-0.25, -0.2) is 135 Å². The molecule has 0 amide bonds. The molecule has 0 aliphatic rings. The van der Waals surface area contributed by atoms with Crippen LogP contribution in [-0.2, 0) is 39.3 Å². The molecule has 13 N–H and O–H groups in total. The van der Waals surface area contributed by atoms with Crippen molar-refractivity contribution in [2.45, 2.75) is 60.0 Å². The molecular formula is C99H78F7N31O5. The highest BCUT2D eigenvalue weighted by molar-refractivity contribution is 5.87. The van der Waals surface area contributed by atoms with Gasteiger partial charge >= 0.3 is 28.4 Å². The summed E-state index contributed by atoms with van der Waals surface area (Å²) in [4.78, 5) is 89.2. The van der Waals surface area contributed by atoms with Crippen LogP contribution in [0.2, 0.25) is 0 Å². The molecule has 12 heterocycles. The number of halogens is 7. The molecule has 0 aliphatic carbocycles. The van der Waals surface area contributed by atoms with Crippen LogP contribution in [0.15, 0.2) is 291 Å². The van der Waals surface area contributed by atoms with Crippen molar-refractivity contribution in [2.75, 3.05) is 34.4 Å². The van der Waals surface area contributed by atoms with Gasteiger partial charge in [-0.1, -0.05) is 158 Å². The second kappa shape index (κ2) is 37.7. The Kier molecular flexibility index (Phi) is 24.4. The van der Waals surface area contributed by atoms with Crippen molar-refractivity contribution in [3.8, 4) is 0 Å². The van der Waals surface area contributed by atoms with Gasteiger partial charge in [0.2, 0.25) is 39.5 Å². The number of nitrogens with one attached hydrogen (secondary N) is 1. The van der Waals surface area contributed by atoms with Crippen molar-refractivity contribution < 1.29 is 30.7 Å². The molecule has 24 aromatic rings. The van der Waals surface area contributed by atoms with E-state index >= 15 is 0 Å². The third-order valence-corrected chi connectivity index (χ3v) is 23.1. The molecule has 0 atom stereocenters. The monoisotopic (exact) mass is 1910 g/mol. The summed E-state index contributed by atoms with van der Waals surface area (Å²) >= 11 is 0. The fourth-order valence-electron chi connectivity index (χ4n) is 16.5. The zero-order valence-corrected chi connectivity index (χ0v) is 75.0. The minimum absolute atomic E-state index is 0.0140. The Morgan fingerprint density at radius 1 is 0.268 bits per heavy atom. The molecule has 0 spiro atoms. The maximum atomic E-state index is 14.2. The molecule has 24 rings (SSSR count). The van der Waals surface area contributed by atoms with E-state index in [0.29, 0.717) is 96.7 Å². The number of aromatic nitrogens is 24. The molecule has 43 heteroatoms. The number of para-hydroxylation sites is 9. The molecule has 0 saturated heterocycles. The Morgan fingerprint density at radius 3 is 1.02 bits per heavy atom. The highest BCUT2D eigenvalue weighted by Gasteiger charge is 2.25. The minimum atomic E-state index is -0.800. The topological polar surface area (TPSA) is 476 Å². The maximum Gasteiger partial charge on any atom is 0.351 e. The van der Waals surface area contributed by atoms with Crippen molar-refractivity contribution in [3.63, 3.8) is 0 Å². The van der Waals surface area contributed by atoms with Crippen LogP contribution >= 0.6 is 0 Å². The van der Waals surface area contributed by atoms with Crippen LogP contribution in [0, 0.1) is 66.9 Å². The molecule has 0 saturated carbocycles. The first-order valence-electron chi connectivity index (χ1n) is 43.5. The molecule has 12 aromatic carbocycles. The van der Waals surface area contributed by atoms with Crippen LogP contribution < -0.4 is 68.5 Å². The average molecular weight is 1910 g/mol. The summed E-state index contributed by atoms with van der Waals surface area (Å²) in [6, 6.07) is 74.6. The van der Waals surface area contributed by atoms with Crippen molar-refractivity contribution in [3.05, 3.63) is 416 Å². The largest absolute Gasteiger partial charge is 0.381 e. The van der Waals surface area contributed by atoms with Crippen LogP contribution in [0.25, 0.3) is 100 Å². The van der Waals surface area contributed by atoms with Crippen molar-refractivity contribution in [1.29, 1.82) is 5.41 Å². The van der Waals surface area contributed by atoms with Crippen LogP contribution in [0.1, 0.15) is 50.1 Å². The number of anilines is 6. The third kappa shape index (κ3) is 17.5. The first kappa shape index (κ1) is 91.7. The van der Waals surface area contributed by atoms with Gasteiger partial charge in [0.15, 0.2) is 34.9 Å². The molecule has 0 unspecified atom stereocenters. The minimum Gasteiger partial charge on any atom is -0.381 e. The SMILES string of the molecule is Cc1cc(F)cc(Cn2nc3c(N)nc4ccccc4n3c2=O)c1.Cc1cccc(Cn2nc3c(N)nc4ccccc4n3c2=O)c1F.Cc1cccc2nc(N)c3nn(Cc4ccccc4)c(=O)n3c12.N=c1n(Cc2ccccc2)nc2c(N)nc3ccccc3n12.Nc1nc2ccc(F)cc2n2c(=O)n(Cc3c(F)cccc3F)nc12.Nc1nc2ccccc2n2c(=O)n(Cc3c(F)cccc3F)nc12. The Hall–Kier alpha value is -19.4. The number of nitrogens with zero attached hydrogens (tertiary/aromatic N) is 24. The van der Waals surface area contributed by atoms with Gasteiger partial charge in [-0.05, 0) is 157 Å². The number of aryl methyl sites for hydroxylation is 3. The summed E-state index contributed by atoms with van der Waals surface area (Å²) in [7, 11) is 0. The molecule has 708 valence electrons. The van der Waals surface area contributed by atoms with Crippen LogP contribution in [0.5, 0.6) is 0 Å². The van der Waals surface area contributed by atoms with E-state index in [-0.39, 0.29) is 117 Å². The number of nitrogens with two attached hydrogens (primary N) is 6. The quantitative estimate of drug-likeness (QED) is 0.0559. The zero-order valence-electron chi connectivity index (χ0n) is 75.0. The molecule has 0 radical (unpaired) electrons. The zero-order chi connectivity index (χ0) is 99.3. The maximum absolute atomic E-state index is 14.2. The predicted octanol–water partition coefficient (Wildman–Crippen LogP) is 12.1. The normalized spacial score (nSPS) is 11.4.